The zero-order valence-electron chi connectivity index (χ0n) is 6.51. The molecule has 0 amide bonds. The first-order valence-electron chi connectivity index (χ1n) is 4.55. The molecule has 0 radical (unpaired) electrons. The van der Waals surface area contributed by atoms with Crippen LogP contribution in [0.1, 0.15) is 26.2 Å². The van der Waals surface area contributed by atoms with E-state index in [1.165, 1.54) is 19.3 Å². The van der Waals surface area contributed by atoms with Crippen molar-refractivity contribution in [2.24, 2.45) is 28.9 Å². The summed E-state index contributed by atoms with van der Waals surface area (Å²) in [5, 5.41) is 0. The molecule has 4 aliphatic carbocycles. The minimum absolute atomic E-state index is 0.602. The van der Waals surface area contributed by atoms with Crippen molar-refractivity contribution in [2.45, 2.75) is 32.2 Å². The lowest BCUT2D eigenvalue weighted by Crippen LogP contribution is -2.23. The van der Waals surface area contributed by atoms with Gasteiger partial charge in [0.1, 0.15) is 0 Å². The van der Waals surface area contributed by atoms with Crippen molar-refractivity contribution in [3.8, 4) is 0 Å². The van der Waals surface area contributed by atoms with Gasteiger partial charge in [-0.2, -0.15) is 0 Å². The fourth-order valence-electron chi connectivity index (χ4n) is 4.06. The quantitative estimate of drug-likeness (QED) is 0.580. The maximum absolute atomic E-state index is 6.07. The number of hydrogen-bond acceptors (Lipinski definition) is 1. The standard InChI is InChI=1S/C9H15N/c1-2-9-4-5-3-6(9)7(9)8(5)10/h5-8H,2-4,10H2,1H3/t5-,6+,7+,8+,9+/m1/s1. The van der Waals surface area contributed by atoms with Gasteiger partial charge in [0.2, 0.25) is 0 Å². The van der Waals surface area contributed by atoms with E-state index in [-0.39, 0.29) is 0 Å². The van der Waals surface area contributed by atoms with E-state index in [0.29, 0.717) is 6.04 Å². The van der Waals surface area contributed by atoms with Gasteiger partial charge in [0.25, 0.3) is 0 Å². The van der Waals surface area contributed by atoms with Crippen LogP contribution < -0.4 is 5.73 Å². The number of rotatable bonds is 1. The summed E-state index contributed by atoms with van der Waals surface area (Å²) in [5.74, 6) is 2.95. The van der Waals surface area contributed by atoms with Gasteiger partial charge in [-0.3, -0.25) is 0 Å². The highest BCUT2D eigenvalue weighted by Gasteiger charge is 2.76. The van der Waals surface area contributed by atoms with Gasteiger partial charge in [-0.15, -0.1) is 0 Å². The molecule has 1 heteroatoms. The van der Waals surface area contributed by atoms with E-state index in [1.807, 2.05) is 0 Å². The third-order valence-electron chi connectivity index (χ3n) is 4.54. The first-order valence-corrected chi connectivity index (χ1v) is 4.55. The predicted molar refractivity (Wildman–Crippen MR) is 40.4 cm³/mol. The van der Waals surface area contributed by atoms with Crippen molar-refractivity contribution in [3.63, 3.8) is 0 Å². The molecule has 0 aromatic heterocycles. The van der Waals surface area contributed by atoms with Gasteiger partial charge >= 0.3 is 0 Å². The molecule has 10 heavy (non-hydrogen) atoms. The molecule has 0 unspecified atom stereocenters. The Labute approximate surface area is 62.0 Å². The molecule has 4 rings (SSSR count). The molecular formula is C9H15N. The maximum atomic E-state index is 6.07. The first kappa shape index (κ1) is 5.59. The Bertz CT molecular complexity index is 189. The van der Waals surface area contributed by atoms with Crippen LogP contribution in [0.2, 0.25) is 0 Å². The summed E-state index contributed by atoms with van der Waals surface area (Å²) in [6.07, 6.45) is 4.34. The topological polar surface area (TPSA) is 26.0 Å². The molecule has 0 aromatic rings. The van der Waals surface area contributed by atoms with Crippen LogP contribution in [-0.4, -0.2) is 6.04 Å². The summed E-state index contributed by atoms with van der Waals surface area (Å²) in [6, 6.07) is 0.602. The highest BCUT2D eigenvalue weighted by atomic mass is 14.9. The first-order chi connectivity index (χ1) is 4.79. The summed E-state index contributed by atoms with van der Waals surface area (Å²) in [4.78, 5) is 0. The second-order valence-corrected chi connectivity index (χ2v) is 4.50. The molecule has 0 saturated heterocycles. The van der Waals surface area contributed by atoms with Crippen LogP contribution in [0.3, 0.4) is 0 Å². The molecule has 0 aliphatic heterocycles. The maximum Gasteiger partial charge on any atom is 0.0104 e. The van der Waals surface area contributed by atoms with Crippen LogP contribution in [0.4, 0.5) is 0 Å². The van der Waals surface area contributed by atoms with Crippen molar-refractivity contribution in [1.82, 2.24) is 0 Å². The minimum atomic E-state index is 0.602. The zero-order valence-corrected chi connectivity index (χ0v) is 6.51. The van der Waals surface area contributed by atoms with E-state index >= 15 is 0 Å². The SMILES string of the molecule is CC[C@]12C[C@H]3C[C@H]1[C@H]2[C@H]3N. The normalized spacial score (nSPS) is 69.0. The Balaban J connectivity index is 2.01. The Hall–Kier alpha value is -0.0400. The van der Waals surface area contributed by atoms with Gasteiger partial charge < -0.3 is 5.73 Å². The molecule has 5 atom stereocenters. The smallest absolute Gasteiger partial charge is 0.0104 e. The largest absolute Gasteiger partial charge is 0.327 e. The molecule has 4 saturated carbocycles. The summed E-state index contributed by atoms with van der Waals surface area (Å²) < 4.78 is 0. The zero-order chi connectivity index (χ0) is 6.93. The van der Waals surface area contributed by atoms with E-state index in [2.05, 4.69) is 6.92 Å². The average Bonchev–Trinajstić information content (AvgIpc) is 2.36. The molecular weight excluding hydrogens is 122 g/mol. The fourth-order valence-corrected chi connectivity index (χ4v) is 4.06. The Morgan fingerprint density at radius 2 is 2.40 bits per heavy atom. The van der Waals surface area contributed by atoms with E-state index < -0.39 is 0 Å². The lowest BCUT2D eigenvalue weighted by molar-refractivity contribution is 0.463. The molecule has 1 nitrogen and oxygen atoms in total. The summed E-state index contributed by atoms with van der Waals surface area (Å²) in [6.45, 7) is 2.34. The highest BCUT2D eigenvalue weighted by molar-refractivity contribution is 5.26. The van der Waals surface area contributed by atoms with Crippen LogP contribution in [0.25, 0.3) is 0 Å². The van der Waals surface area contributed by atoms with E-state index in [0.717, 1.165) is 23.2 Å². The molecule has 4 bridgehead atoms. The van der Waals surface area contributed by atoms with Gasteiger partial charge in [0, 0.05) is 6.04 Å². The van der Waals surface area contributed by atoms with Gasteiger partial charge in [-0.1, -0.05) is 6.92 Å². The molecule has 56 valence electrons. The average molecular weight is 137 g/mol. The van der Waals surface area contributed by atoms with Crippen LogP contribution in [0.5, 0.6) is 0 Å². The predicted octanol–water partition coefficient (Wildman–Crippen LogP) is 1.38. The Morgan fingerprint density at radius 1 is 1.60 bits per heavy atom. The fraction of sp³-hybridized carbons (Fsp3) is 1.00. The van der Waals surface area contributed by atoms with Crippen molar-refractivity contribution in [3.05, 3.63) is 0 Å². The van der Waals surface area contributed by atoms with Crippen LogP contribution in [0.15, 0.2) is 0 Å². The van der Waals surface area contributed by atoms with Gasteiger partial charge in [-0.05, 0) is 42.4 Å². The molecule has 4 aliphatic rings. The van der Waals surface area contributed by atoms with Crippen LogP contribution >= 0.6 is 0 Å². The molecule has 0 spiro atoms. The Morgan fingerprint density at radius 3 is 2.60 bits per heavy atom. The van der Waals surface area contributed by atoms with Crippen molar-refractivity contribution < 1.29 is 0 Å². The molecule has 0 heterocycles. The minimum Gasteiger partial charge on any atom is -0.327 e. The van der Waals surface area contributed by atoms with Crippen LogP contribution in [-0.2, 0) is 0 Å². The summed E-state index contributed by atoms with van der Waals surface area (Å²) >= 11 is 0. The third kappa shape index (κ3) is 0.334. The van der Waals surface area contributed by atoms with Gasteiger partial charge in [-0.25, -0.2) is 0 Å². The number of nitrogens with two attached hydrogens (primary N) is 1. The highest BCUT2D eigenvalue weighted by Crippen LogP contribution is 2.79. The summed E-state index contributed by atoms with van der Waals surface area (Å²) in [7, 11) is 0. The van der Waals surface area contributed by atoms with Gasteiger partial charge in [0.05, 0.1) is 0 Å². The van der Waals surface area contributed by atoms with Crippen LogP contribution in [0, 0.1) is 23.2 Å². The van der Waals surface area contributed by atoms with E-state index in [4.69, 9.17) is 5.73 Å². The van der Waals surface area contributed by atoms with Crippen molar-refractivity contribution >= 4 is 0 Å². The lowest BCUT2D eigenvalue weighted by Gasteiger charge is -2.04. The Kier molecular flexibility index (Phi) is 0.722. The monoisotopic (exact) mass is 137 g/mol. The molecule has 2 N–H and O–H groups in total. The second kappa shape index (κ2) is 1.29. The number of hydrogen-bond donors (Lipinski definition) is 1. The van der Waals surface area contributed by atoms with E-state index in [1.54, 1.807) is 0 Å². The lowest BCUT2D eigenvalue weighted by atomic mass is 10.0. The van der Waals surface area contributed by atoms with E-state index in [9.17, 15) is 0 Å². The van der Waals surface area contributed by atoms with Crippen molar-refractivity contribution in [1.29, 1.82) is 0 Å². The molecule has 4 fully saturated rings. The van der Waals surface area contributed by atoms with Gasteiger partial charge in [0.15, 0.2) is 0 Å². The third-order valence-corrected chi connectivity index (χ3v) is 4.54. The van der Waals surface area contributed by atoms with Crippen molar-refractivity contribution in [2.75, 3.05) is 0 Å². The molecule has 0 aromatic carbocycles. The summed E-state index contributed by atoms with van der Waals surface area (Å²) in [5.41, 5.74) is 6.85. The second-order valence-electron chi connectivity index (χ2n) is 4.50.